The maximum Gasteiger partial charge on any atom is 0.387 e. The highest BCUT2D eigenvalue weighted by Gasteiger charge is 2.21. The average Bonchev–Trinajstić information content (AvgIpc) is 2.28. The van der Waals surface area contributed by atoms with Crippen LogP contribution in [0.2, 0.25) is 0 Å². The van der Waals surface area contributed by atoms with Crippen molar-refractivity contribution >= 4 is 17.5 Å². The number of para-hydroxylation sites is 1. The second kappa shape index (κ2) is 6.39. The third-order valence-corrected chi connectivity index (χ3v) is 2.42. The zero-order chi connectivity index (χ0) is 12.8. The molecule has 1 amide bonds. The summed E-state index contributed by atoms with van der Waals surface area (Å²) in [5, 5.41) is 1.46. The zero-order valence-electron chi connectivity index (χ0n) is 9.12. The topological polar surface area (TPSA) is 38.3 Å². The van der Waals surface area contributed by atoms with Gasteiger partial charge in [-0.3, -0.25) is 4.79 Å². The Morgan fingerprint density at radius 2 is 2.12 bits per heavy atom. The van der Waals surface area contributed by atoms with E-state index in [0.29, 0.717) is 6.54 Å². The number of carbonyl (C=O) groups excluding carboxylic acids is 1. The fourth-order valence-electron chi connectivity index (χ4n) is 1.30. The van der Waals surface area contributed by atoms with Crippen molar-refractivity contribution in [2.24, 2.45) is 0 Å². The molecule has 0 aliphatic rings. The van der Waals surface area contributed by atoms with Crippen LogP contribution in [0.5, 0.6) is 5.75 Å². The van der Waals surface area contributed by atoms with Gasteiger partial charge in [-0.1, -0.05) is 18.2 Å². The van der Waals surface area contributed by atoms with E-state index < -0.39 is 17.9 Å². The minimum atomic E-state index is -2.95. The van der Waals surface area contributed by atoms with E-state index in [-0.39, 0.29) is 11.3 Å². The summed E-state index contributed by atoms with van der Waals surface area (Å²) in [7, 11) is 0. The number of ether oxygens (including phenoxy) is 1. The minimum absolute atomic E-state index is 0.0891. The van der Waals surface area contributed by atoms with Gasteiger partial charge in [0.15, 0.2) is 0 Å². The average molecular weight is 264 g/mol. The van der Waals surface area contributed by atoms with Gasteiger partial charge in [-0.2, -0.15) is 8.78 Å². The fourth-order valence-corrected chi connectivity index (χ4v) is 1.56. The predicted molar refractivity (Wildman–Crippen MR) is 60.4 cm³/mol. The van der Waals surface area contributed by atoms with Gasteiger partial charge in [0.2, 0.25) is 5.91 Å². The van der Waals surface area contributed by atoms with E-state index in [1.165, 1.54) is 18.2 Å². The maximum atomic E-state index is 12.1. The summed E-state index contributed by atoms with van der Waals surface area (Å²) in [5.74, 6) is -0.534. The molecule has 0 aromatic heterocycles. The molecular formula is C11H12ClF2NO2. The lowest BCUT2D eigenvalue weighted by atomic mass is 10.1. The van der Waals surface area contributed by atoms with Gasteiger partial charge in [0.25, 0.3) is 0 Å². The number of likely N-dealkylation sites (N-methyl/N-ethyl adjacent to an activating group) is 1. The van der Waals surface area contributed by atoms with Crippen molar-refractivity contribution in [1.82, 2.24) is 5.32 Å². The van der Waals surface area contributed by atoms with Crippen molar-refractivity contribution in [2.45, 2.75) is 18.9 Å². The number of halogens is 3. The van der Waals surface area contributed by atoms with E-state index in [1.54, 1.807) is 13.0 Å². The third kappa shape index (κ3) is 3.85. The Labute approximate surface area is 103 Å². The van der Waals surface area contributed by atoms with E-state index in [0.717, 1.165) is 0 Å². The molecule has 17 heavy (non-hydrogen) atoms. The fraction of sp³-hybridized carbons (Fsp3) is 0.364. The van der Waals surface area contributed by atoms with Crippen molar-refractivity contribution in [2.75, 3.05) is 6.54 Å². The number of alkyl halides is 3. The molecular weight excluding hydrogens is 252 g/mol. The van der Waals surface area contributed by atoms with Crippen LogP contribution in [0.3, 0.4) is 0 Å². The summed E-state index contributed by atoms with van der Waals surface area (Å²) >= 11 is 5.89. The van der Waals surface area contributed by atoms with Gasteiger partial charge >= 0.3 is 6.61 Å². The molecule has 1 atom stereocenters. The molecule has 1 unspecified atom stereocenters. The number of carbonyl (C=O) groups is 1. The van der Waals surface area contributed by atoms with Gasteiger partial charge in [0.1, 0.15) is 11.1 Å². The Hall–Kier alpha value is -1.36. The molecule has 0 fully saturated rings. The van der Waals surface area contributed by atoms with E-state index >= 15 is 0 Å². The van der Waals surface area contributed by atoms with Gasteiger partial charge in [0, 0.05) is 12.1 Å². The summed E-state index contributed by atoms with van der Waals surface area (Å²) in [6.07, 6.45) is 0. The van der Waals surface area contributed by atoms with Crippen molar-refractivity contribution in [3.05, 3.63) is 29.8 Å². The minimum Gasteiger partial charge on any atom is -0.434 e. The monoisotopic (exact) mass is 263 g/mol. The summed E-state index contributed by atoms with van der Waals surface area (Å²) in [5.41, 5.74) is 0.223. The Morgan fingerprint density at radius 1 is 1.47 bits per heavy atom. The summed E-state index contributed by atoms with van der Waals surface area (Å²) in [6, 6.07) is 5.95. The first-order valence-corrected chi connectivity index (χ1v) is 5.45. The molecule has 3 nitrogen and oxygen atoms in total. The lowest BCUT2D eigenvalue weighted by Gasteiger charge is -2.14. The molecule has 1 aromatic rings. The zero-order valence-corrected chi connectivity index (χ0v) is 9.88. The van der Waals surface area contributed by atoms with Gasteiger partial charge in [-0.25, -0.2) is 0 Å². The van der Waals surface area contributed by atoms with Crippen LogP contribution in [0.25, 0.3) is 0 Å². The molecule has 0 heterocycles. The number of hydrogen-bond acceptors (Lipinski definition) is 2. The molecule has 0 saturated heterocycles. The van der Waals surface area contributed by atoms with Crippen molar-refractivity contribution < 1.29 is 18.3 Å². The highest BCUT2D eigenvalue weighted by molar-refractivity contribution is 6.31. The van der Waals surface area contributed by atoms with Gasteiger partial charge in [-0.15, -0.1) is 11.6 Å². The van der Waals surface area contributed by atoms with Crippen LogP contribution < -0.4 is 10.1 Å². The second-order valence-electron chi connectivity index (χ2n) is 3.17. The van der Waals surface area contributed by atoms with Crippen LogP contribution in [-0.4, -0.2) is 19.1 Å². The Morgan fingerprint density at radius 3 is 2.71 bits per heavy atom. The lowest BCUT2D eigenvalue weighted by Crippen LogP contribution is -2.26. The smallest absolute Gasteiger partial charge is 0.387 e. The van der Waals surface area contributed by atoms with Crippen LogP contribution >= 0.6 is 11.6 Å². The van der Waals surface area contributed by atoms with Crippen LogP contribution in [0.15, 0.2) is 24.3 Å². The molecule has 0 bridgehead atoms. The predicted octanol–water partition coefficient (Wildman–Crippen LogP) is 2.70. The summed E-state index contributed by atoms with van der Waals surface area (Å²) in [6.45, 7) is -0.794. The van der Waals surface area contributed by atoms with E-state index in [9.17, 15) is 13.6 Å². The number of nitrogens with one attached hydrogen (secondary N) is 1. The Bertz CT molecular complexity index is 387. The molecule has 94 valence electrons. The highest BCUT2D eigenvalue weighted by Crippen LogP contribution is 2.30. The van der Waals surface area contributed by atoms with Crippen LogP contribution in [0.4, 0.5) is 8.78 Å². The van der Waals surface area contributed by atoms with Crippen LogP contribution in [0, 0.1) is 0 Å². The second-order valence-corrected chi connectivity index (χ2v) is 3.61. The van der Waals surface area contributed by atoms with Gasteiger partial charge < -0.3 is 10.1 Å². The quantitative estimate of drug-likeness (QED) is 0.830. The van der Waals surface area contributed by atoms with E-state index in [2.05, 4.69) is 10.1 Å². The van der Waals surface area contributed by atoms with Gasteiger partial charge in [-0.05, 0) is 13.0 Å². The van der Waals surface area contributed by atoms with E-state index in [4.69, 9.17) is 11.6 Å². The Kier molecular flexibility index (Phi) is 5.15. The number of hydrogen-bond donors (Lipinski definition) is 1. The van der Waals surface area contributed by atoms with Crippen molar-refractivity contribution in [3.8, 4) is 5.75 Å². The molecule has 6 heteroatoms. The molecule has 1 N–H and O–H groups in total. The molecule has 0 aliphatic carbocycles. The van der Waals surface area contributed by atoms with Crippen LogP contribution in [0.1, 0.15) is 17.9 Å². The Balaban J connectivity index is 2.92. The molecule has 0 aliphatic heterocycles. The number of benzene rings is 1. The first kappa shape index (κ1) is 13.7. The van der Waals surface area contributed by atoms with Crippen LogP contribution in [-0.2, 0) is 4.79 Å². The molecule has 1 rings (SSSR count). The third-order valence-electron chi connectivity index (χ3n) is 1.99. The maximum absolute atomic E-state index is 12.1. The first-order valence-electron chi connectivity index (χ1n) is 5.01. The van der Waals surface area contributed by atoms with Crippen molar-refractivity contribution in [1.29, 1.82) is 0 Å². The largest absolute Gasteiger partial charge is 0.434 e. The normalized spacial score (nSPS) is 12.3. The molecule has 0 saturated carbocycles. The number of rotatable bonds is 5. The lowest BCUT2D eigenvalue weighted by molar-refractivity contribution is -0.120. The van der Waals surface area contributed by atoms with Crippen molar-refractivity contribution in [3.63, 3.8) is 0 Å². The number of amides is 1. The molecule has 1 aromatic carbocycles. The molecule has 0 radical (unpaired) electrons. The SMILES string of the molecule is CCNC(=O)C(Cl)c1ccccc1OC(F)F. The van der Waals surface area contributed by atoms with E-state index in [1.807, 2.05) is 0 Å². The summed E-state index contributed by atoms with van der Waals surface area (Å²) < 4.78 is 28.6. The first-order chi connectivity index (χ1) is 8.06. The summed E-state index contributed by atoms with van der Waals surface area (Å²) in [4.78, 5) is 11.5. The highest BCUT2D eigenvalue weighted by atomic mass is 35.5. The standard InChI is InChI=1S/C11H12ClF2NO2/c1-2-15-10(16)9(12)7-5-3-4-6-8(7)17-11(13)14/h3-6,9,11H,2H2,1H3,(H,15,16). The molecule has 0 spiro atoms. The van der Waals surface area contributed by atoms with Gasteiger partial charge in [0.05, 0.1) is 0 Å².